The van der Waals surface area contributed by atoms with Gasteiger partial charge in [-0.1, -0.05) is 24.0 Å². The summed E-state index contributed by atoms with van der Waals surface area (Å²) in [6.07, 6.45) is 2.28. The van der Waals surface area contributed by atoms with Gasteiger partial charge < -0.3 is 10.2 Å². The Kier molecular flexibility index (Phi) is 7.45. The molecule has 9 heteroatoms. The Labute approximate surface area is 165 Å². The molecule has 0 radical (unpaired) electrons. The van der Waals surface area contributed by atoms with Gasteiger partial charge in [-0.05, 0) is 57.9 Å². The van der Waals surface area contributed by atoms with E-state index in [0.29, 0.717) is 5.69 Å². The van der Waals surface area contributed by atoms with Crippen molar-refractivity contribution in [3.8, 4) is 0 Å². The fourth-order valence-electron chi connectivity index (χ4n) is 2.52. The zero-order valence-electron chi connectivity index (χ0n) is 15.2. The van der Waals surface area contributed by atoms with Crippen LogP contribution in [0.2, 0.25) is 0 Å². The summed E-state index contributed by atoms with van der Waals surface area (Å²) in [5.41, 5.74) is 0.554. The fourth-order valence-corrected chi connectivity index (χ4v) is 5.19. The molecule has 2 N–H and O–H groups in total. The molecule has 2 rings (SSSR count). The Morgan fingerprint density at radius 3 is 2.27 bits per heavy atom. The molecule has 1 saturated heterocycles. The maximum Gasteiger partial charge on any atom is 0.240 e. The molecule has 1 heterocycles. The van der Waals surface area contributed by atoms with Crippen LogP contribution in [-0.4, -0.2) is 47.9 Å². The summed E-state index contributed by atoms with van der Waals surface area (Å²) in [6, 6.07) is 5.95. The molecule has 144 valence electrons. The van der Waals surface area contributed by atoms with E-state index >= 15 is 0 Å². The number of nitrogens with one attached hydrogen (secondary N) is 2. The number of benzene rings is 1. The van der Waals surface area contributed by atoms with Gasteiger partial charge >= 0.3 is 0 Å². The number of amides is 1. The van der Waals surface area contributed by atoms with Crippen molar-refractivity contribution in [2.24, 2.45) is 0 Å². The minimum atomic E-state index is -3.54. The van der Waals surface area contributed by atoms with Crippen LogP contribution in [0.25, 0.3) is 0 Å². The van der Waals surface area contributed by atoms with Gasteiger partial charge in [0.2, 0.25) is 15.9 Å². The van der Waals surface area contributed by atoms with Crippen LogP contribution >= 0.6 is 24.0 Å². The topological polar surface area (TPSA) is 78.5 Å². The molecule has 0 spiro atoms. The second-order valence-corrected chi connectivity index (χ2v) is 10.2. The molecule has 1 aliphatic rings. The quantitative estimate of drug-likeness (QED) is 0.696. The average Bonchev–Trinajstić information content (AvgIpc) is 3.08. The molecular formula is C17H25N3O3S3. The van der Waals surface area contributed by atoms with Crippen molar-refractivity contribution in [2.45, 2.75) is 49.8 Å². The van der Waals surface area contributed by atoms with Crippen molar-refractivity contribution in [3.05, 3.63) is 24.3 Å². The summed E-state index contributed by atoms with van der Waals surface area (Å²) in [4.78, 5) is 14.6. The van der Waals surface area contributed by atoms with Gasteiger partial charge in [-0.3, -0.25) is 4.79 Å². The number of thiocarbonyl (C=S) groups is 1. The summed E-state index contributed by atoms with van der Waals surface area (Å²) in [7, 11) is -3.54. The number of carbonyl (C=O) groups excluding carboxylic acids is 1. The maximum absolute atomic E-state index is 12.3. The molecule has 1 atom stereocenters. The van der Waals surface area contributed by atoms with Crippen molar-refractivity contribution in [1.29, 1.82) is 0 Å². The first-order chi connectivity index (χ1) is 12.2. The zero-order valence-corrected chi connectivity index (χ0v) is 17.6. The SMILES string of the molecule is CC(C)NS(=O)(=O)c1ccc(NC(=O)[C@@H](C)SC(=S)N2CCCC2)cc1. The van der Waals surface area contributed by atoms with Crippen molar-refractivity contribution >= 4 is 49.9 Å². The Hall–Kier alpha value is -1.16. The normalized spacial score (nSPS) is 15.9. The molecule has 0 unspecified atom stereocenters. The molecular weight excluding hydrogens is 390 g/mol. The van der Waals surface area contributed by atoms with Gasteiger partial charge in [-0.2, -0.15) is 0 Å². The molecule has 0 aromatic heterocycles. The van der Waals surface area contributed by atoms with E-state index in [1.807, 2.05) is 6.92 Å². The molecule has 0 bridgehead atoms. The molecule has 1 aromatic rings. The van der Waals surface area contributed by atoms with Crippen molar-refractivity contribution in [3.63, 3.8) is 0 Å². The van der Waals surface area contributed by atoms with Crippen LogP contribution in [0.4, 0.5) is 5.69 Å². The molecule has 1 fully saturated rings. The molecule has 0 aliphatic carbocycles. The summed E-state index contributed by atoms with van der Waals surface area (Å²) in [6.45, 7) is 7.25. The first-order valence-electron chi connectivity index (χ1n) is 8.58. The number of nitrogens with zero attached hydrogens (tertiary/aromatic N) is 1. The van der Waals surface area contributed by atoms with Gasteiger partial charge in [-0.25, -0.2) is 13.1 Å². The summed E-state index contributed by atoms with van der Waals surface area (Å²) in [5, 5.41) is 2.48. The van der Waals surface area contributed by atoms with Crippen molar-refractivity contribution < 1.29 is 13.2 Å². The number of anilines is 1. The highest BCUT2D eigenvalue weighted by atomic mass is 32.2. The van der Waals surface area contributed by atoms with Gasteiger partial charge in [0.1, 0.15) is 4.32 Å². The van der Waals surface area contributed by atoms with E-state index < -0.39 is 10.0 Å². The van der Waals surface area contributed by atoms with E-state index in [0.717, 1.165) is 30.3 Å². The smallest absolute Gasteiger partial charge is 0.240 e. The maximum atomic E-state index is 12.3. The highest BCUT2D eigenvalue weighted by molar-refractivity contribution is 8.23. The van der Waals surface area contributed by atoms with Gasteiger partial charge in [0.05, 0.1) is 10.1 Å². The third-order valence-electron chi connectivity index (χ3n) is 3.83. The first-order valence-corrected chi connectivity index (χ1v) is 11.3. The number of sulfonamides is 1. The second kappa shape index (κ2) is 9.16. The second-order valence-electron chi connectivity index (χ2n) is 6.51. The first kappa shape index (κ1) is 21.1. The lowest BCUT2D eigenvalue weighted by Gasteiger charge is -2.20. The average molecular weight is 416 g/mol. The minimum Gasteiger partial charge on any atom is -0.358 e. The standard InChI is InChI=1S/C17H25N3O3S3/c1-12(2)19-26(22,23)15-8-6-14(7-9-15)18-16(21)13(3)25-17(24)20-10-4-5-11-20/h6-9,12-13,19H,4-5,10-11H2,1-3H3,(H,18,21)/t13-/m1/s1. The predicted molar refractivity (Wildman–Crippen MR) is 111 cm³/mol. The lowest BCUT2D eigenvalue weighted by molar-refractivity contribution is -0.115. The fraction of sp³-hybridized carbons (Fsp3) is 0.529. The van der Waals surface area contributed by atoms with Crippen LogP contribution in [0.15, 0.2) is 29.2 Å². The van der Waals surface area contributed by atoms with E-state index in [4.69, 9.17) is 12.2 Å². The number of rotatable bonds is 6. The lowest BCUT2D eigenvalue weighted by Crippen LogP contribution is -2.30. The van der Waals surface area contributed by atoms with Gasteiger partial charge in [0.25, 0.3) is 0 Å². The lowest BCUT2D eigenvalue weighted by atomic mass is 10.3. The minimum absolute atomic E-state index is 0.160. The van der Waals surface area contributed by atoms with Gasteiger partial charge in [-0.15, -0.1) is 0 Å². The Morgan fingerprint density at radius 2 is 1.73 bits per heavy atom. The van der Waals surface area contributed by atoms with Crippen molar-refractivity contribution in [1.82, 2.24) is 9.62 Å². The van der Waals surface area contributed by atoms with Gasteiger partial charge in [0.15, 0.2) is 0 Å². The zero-order chi connectivity index (χ0) is 19.3. The number of thioether (sulfide) groups is 1. The third kappa shape index (κ3) is 5.94. The highest BCUT2D eigenvalue weighted by Gasteiger charge is 2.21. The number of carbonyl (C=O) groups is 1. The van der Waals surface area contributed by atoms with Crippen LogP contribution in [0.3, 0.4) is 0 Å². The van der Waals surface area contributed by atoms with E-state index in [1.54, 1.807) is 26.0 Å². The summed E-state index contributed by atoms with van der Waals surface area (Å²) >= 11 is 6.78. The predicted octanol–water partition coefficient (Wildman–Crippen LogP) is 2.81. The van der Waals surface area contributed by atoms with E-state index in [2.05, 4.69) is 14.9 Å². The van der Waals surface area contributed by atoms with Crippen molar-refractivity contribution in [2.75, 3.05) is 18.4 Å². The molecule has 0 saturated carbocycles. The molecule has 6 nitrogen and oxygen atoms in total. The van der Waals surface area contributed by atoms with Crippen LogP contribution in [0.5, 0.6) is 0 Å². The summed E-state index contributed by atoms with van der Waals surface area (Å²) in [5.74, 6) is -0.160. The highest BCUT2D eigenvalue weighted by Crippen LogP contribution is 2.22. The number of likely N-dealkylation sites (tertiary alicyclic amines) is 1. The summed E-state index contributed by atoms with van der Waals surface area (Å²) < 4.78 is 27.5. The van der Waals surface area contributed by atoms with Gasteiger partial charge in [0, 0.05) is 24.8 Å². The van der Waals surface area contributed by atoms with Crippen LogP contribution < -0.4 is 10.0 Å². The number of hydrogen-bond acceptors (Lipinski definition) is 5. The number of hydrogen-bond donors (Lipinski definition) is 2. The third-order valence-corrected chi connectivity index (χ3v) is 7.08. The Bertz CT molecular complexity index is 742. The van der Waals surface area contributed by atoms with E-state index in [-0.39, 0.29) is 22.1 Å². The monoisotopic (exact) mass is 415 g/mol. The molecule has 26 heavy (non-hydrogen) atoms. The Morgan fingerprint density at radius 1 is 1.15 bits per heavy atom. The van der Waals surface area contributed by atoms with E-state index in [1.165, 1.54) is 23.9 Å². The molecule has 1 aromatic carbocycles. The molecule has 1 aliphatic heterocycles. The Balaban J connectivity index is 1.93. The van der Waals surface area contributed by atoms with Crippen LogP contribution in [0, 0.1) is 0 Å². The van der Waals surface area contributed by atoms with Crippen LogP contribution in [-0.2, 0) is 14.8 Å². The van der Waals surface area contributed by atoms with E-state index in [9.17, 15) is 13.2 Å². The largest absolute Gasteiger partial charge is 0.358 e. The molecule has 1 amide bonds. The van der Waals surface area contributed by atoms with Crippen LogP contribution in [0.1, 0.15) is 33.6 Å².